The maximum Gasteiger partial charge on any atom is 0.252 e. The third-order valence-corrected chi connectivity index (χ3v) is 8.00. The standard InChI is InChI=1S/C16H17BrN2O3S2/c17-14-6-7-15(23-14)24(21,22)19-10-8-12(9-11-19)16(20)18-13-4-2-1-3-5-13/h1-7,12H,8-11H2,(H,18,20). The van der Waals surface area contributed by atoms with Gasteiger partial charge < -0.3 is 5.32 Å². The molecule has 1 aliphatic rings. The lowest BCUT2D eigenvalue weighted by Crippen LogP contribution is -2.41. The van der Waals surface area contributed by atoms with Gasteiger partial charge in [0.05, 0.1) is 3.79 Å². The summed E-state index contributed by atoms with van der Waals surface area (Å²) in [6.07, 6.45) is 1.06. The third kappa shape index (κ3) is 3.88. The molecule has 2 aromatic rings. The molecule has 1 amide bonds. The van der Waals surface area contributed by atoms with Gasteiger partial charge in [-0.25, -0.2) is 8.42 Å². The fourth-order valence-electron chi connectivity index (χ4n) is 2.69. The van der Waals surface area contributed by atoms with Gasteiger partial charge in [0.25, 0.3) is 10.0 Å². The number of carbonyl (C=O) groups excluding carboxylic acids is 1. The van der Waals surface area contributed by atoms with Crippen molar-refractivity contribution in [1.29, 1.82) is 0 Å². The van der Waals surface area contributed by atoms with E-state index in [0.717, 1.165) is 9.47 Å². The number of hydrogen-bond acceptors (Lipinski definition) is 4. The summed E-state index contributed by atoms with van der Waals surface area (Å²) in [5.41, 5.74) is 0.765. The highest BCUT2D eigenvalue weighted by molar-refractivity contribution is 9.11. The molecule has 0 atom stereocenters. The van der Waals surface area contributed by atoms with Crippen molar-refractivity contribution in [3.8, 4) is 0 Å². The Morgan fingerprint density at radius 2 is 1.79 bits per heavy atom. The molecule has 0 bridgehead atoms. The number of hydrogen-bond donors (Lipinski definition) is 1. The summed E-state index contributed by atoms with van der Waals surface area (Å²) in [6.45, 7) is 0.732. The van der Waals surface area contributed by atoms with Gasteiger partial charge in [-0.15, -0.1) is 11.3 Å². The first kappa shape index (κ1) is 17.6. The Bertz CT molecular complexity index is 813. The Morgan fingerprint density at radius 3 is 2.38 bits per heavy atom. The summed E-state index contributed by atoms with van der Waals surface area (Å²) in [5, 5.41) is 2.89. The summed E-state index contributed by atoms with van der Waals surface area (Å²) >= 11 is 4.50. The number of nitrogens with one attached hydrogen (secondary N) is 1. The zero-order valence-electron chi connectivity index (χ0n) is 12.8. The molecule has 8 heteroatoms. The van der Waals surface area contributed by atoms with Crippen LogP contribution in [0.3, 0.4) is 0 Å². The molecule has 1 N–H and O–H groups in total. The maximum atomic E-state index is 12.6. The number of amides is 1. The molecule has 0 unspecified atom stereocenters. The Kier molecular flexibility index (Phi) is 5.39. The topological polar surface area (TPSA) is 66.5 Å². The average molecular weight is 429 g/mol. The Labute approximate surface area is 153 Å². The van der Waals surface area contributed by atoms with Crippen LogP contribution in [0.1, 0.15) is 12.8 Å². The fourth-order valence-corrected chi connectivity index (χ4v) is 6.32. The van der Waals surface area contributed by atoms with Crippen molar-refractivity contribution >= 4 is 48.9 Å². The lowest BCUT2D eigenvalue weighted by molar-refractivity contribution is -0.120. The minimum atomic E-state index is -3.46. The number of anilines is 1. The minimum absolute atomic E-state index is 0.0443. The molecule has 24 heavy (non-hydrogen) atoms. The van der Waals surface area contributed by atoms with Gasteiger partial charge in [-0.1, -0.05) is 18.2 Å². The normalized spacial score (nSPS) is 16.9. The van der Waals surface area contributed by atoms with Crippen LogP contribution in [0, 0.1) is 5.92 Å². The first-order chi connectivity index (χ1) is 11.5. The van der Waals surface area contributed by atoms with Gasteiger partial charge >= 0.3 is 0 Å². The Hall–Kier alpha value is -1.22. The Morgan fingerprint density at radius 1 is 1.12 bits per heavy atom. The van der Waals surface area contributed by atoms with E-state index in [9.17, 15) is 13.2 Å². The second-order valence-corrected chi connectivity index (χ2v) is 10.2. The number of nitrogens with zero attached hydrogens (tertiary/aromatic N) is 1. The van der Waals surface area contributed by atoms with Gasteiger partial charge in [-0.3, -0.25) is 4.79 Å². The van der Waals surface area contributed by atoms with Crippen molar-refractivity contribution in [3.63, 3.8) is 0 Å². The minimum Gasteiger partial charge on any atom is -0.326 e. The number of sulfonamides is 1. The molecule has 0 radical (unpaired) electrons. The van der Waals surface area contributed by atoms with Crippen LogP contribution in [-0.2, 0) is 14.8 Å². The average Bonchev–Trinajstić information content (AvgIpc) is 3.03. The molecule has 1 fully saturated rings. The molecule has 0 spiro atoms. The van der Waals surface area contributed by atoms with Crippen LogP contribution in [0.25, 0.3) is 0 Å². The summed E-state index contributed by atoms with van der Waals surface area (Å²) in [5.74, 6) is -0.205. The maximum absolute atomic E-state index is 12.6. The highest BCUT2D eigenvalue weighted by Gasteiger charge is 2.32. The van der Waals surface area contributed by atoms with Crippen LogP contribution < -0.4 is 5.32 Å². The van der Waals surface area contributed by atoms with E-state index >= 15 is 0 Å². The number of para-hydroxylation sites is 1. The van der Waals surface area contributed by atoms with E-state index in [-0.39, 0.29) is 11.8 Å². The molecule has 0 saturated carbocycles. The van der Waals surface area contributed by atoms with Crippen molar-refractivity contribution in [2.45, 2.75) is 17.1 Å². The molecule has 2 heterocycles. The number of carbonyl (C=O) groups is 1. The molecule has 0 aliphatic carbocycles. The summed E-state index contributed by atoms with van der Waals surface area (Å²) in [6, 6.07) is 12.6. The van der Waals surface area contributed by atoms with E-state index in [0.29, 0.717) is 30.1 Å². The van der Waals surface area contributed by atoms with Gasteiger partial charge in [0.1, 0.15) is 4.21 Å². The number of halogens is 1. The molecule has 1 aliphatic heterocycles. The monoisotopic (exact) mass is 428 g/mol. The van der Waals surface area contributed by atoms with Crippen LogP contribution in [0.5, 0.6) is 0 Å². The molecular weight excluding hydrogens is 412 g/mol. The highest BCUT2D eigenvalue weighted by atomic mass is 79.9. The Balaban J connectivity index is 1.60. The third-order valence-electron chi connectivity index (χ3n) is 4.01. The van der Waals surface area contributed by atoms with Gasteiger partial charge in [0, 0.05) is 24.7 Å². The van der Waals surface area contributed by atoms with Gasteiger partial charge in [-0.2, -0.15) is 4.31 Å². The van der Waals surface area contributed by atoms with Crippen LogP contribution in [0.2, 0.25) is 0 Å². The van der Waals surface area contributed by atoms with E-state index < -0.39 is 10.0 Å². The SMILES string of the molecule is O=C(Nc1ccccc1)C1CCN(S(=O)(=O)c2ccc(Br)s2)CC1. The zero-order valence-corrected chi connectivity index (χ0v) is 16.0. The van der Waals surface area contributed by atoms with Crippen LogP contribution in [-0.4, -0.2) is 31.7 Å². The molecule has 128 valence electrons. The predicted octanol–water partition coefficient (Wildman–Crippen LogP) is 3.55. The predicted molar refractivity (Wildman–Crippen MR) is 98.6 cm³/mol. The molecule has 1 aromatic heterocycles. The van der Waals surface area contributed by atoms with E-state index in [2.05, 4.69) is 21.2 Å². The van der Waals surface area contributed by atoms with Crippen LogP contribution in [0.15, 0.2) is 50.5 Å². The molecule has 1 aromatic carbocycles. The van der Waals surface area contributed by atoms with Crippen molar-refractivity contribution < 1.29 is 13.2 Å². The molecule has 5 nitrogen and oxygen atoms in total. The lowest BCUT2D eigenvalue weighted by Gasteiger charge is -2.30. The van der Waals surface area contributed by atoms with Gasteiger partial charge in [-0.05, 0) is 53.0 Å². The van der Waals surface area contributed by atoms with Crippen LogP contribution in [0.4, 0.5) is 5.69 Å². The van der Waals surface area contributed by atoms with Crippen molar-refractivity contribution in [2.24, 2.45) is 5.92 Å². The second kappa shape index (κ2) is 7.35. The number of benzene rings is 1. The summed E-state index contributed by atoms with van der Waals surface area (Å²) < 4.78 is 27.8. The first-order valence-electron chi connectivity index (χ1n) is 7.58. The van der Waals surface area contributed by atoms with E-state index in [1.165, 1.54) is 15.6 Å². The second-order valence-electron chi connectivity index (χ2n) is 5.59. The molecule has 1 saturated heterocycles. The number of thiophene rings is 1. The smallest absolute Gasteiger partial charge is 0.252 e. The summed E-state index contributed by atoms with van der Waals surface area (Å²) in [7, 11) is -3.46. The largest absolute Gasteiger partial charge is 0.326 e. The quantitative estimate of drug-likeness (QED) is 0.809. The number of piperidine rings is 1. The van der Waals surface area contributed by atoms with Crippen molar-refractivity contribution in [2.75, 3.05) is 18.4 Å². The van der Waals surface area contributed by atoms with E-state index in [4.69, 9.17) is 0 Å². The first-order valence-corrected chi connectivity index (χ1v) is 10.6. The molecular formula is C16H17BrN2O3S2. The van der Waals surface area contributed by atoms with Gasteiger partial charge in [0.15, 0.2) is 0 Å². The van der Waals surface area contributed by atoms with Crippen molar-refractivity contribution in [1.82, 2.24) is 4.31 Å². The zero-order chi connectivity index (χ0) is 17.2. The molecule has 3 rings (SSSR count). The van der Waals surface area contributed by atoms with E-state index in [1.807, 2.05) is 30.3 Å². The van der Waals surface area contributed by atoms with E-state index in [1.54, 1.807) is 12.1 Å². The lowest BCUT2D eigenvalue weighted by atomic mass is 9.97. The summed E-state index contributed by atoms with van der Waals surface area (Å²) in [4.78, 5) is 12.3. The van der Waals surface area contributed by atoms with Crippen molar-refractivity contribution in [3.05, 3.63) is 46.3 Å². The number of rotatable bonds is 4. The van der Waals surface area contributed by atoms with Gasteiger partial charge in [0.2, 0.25) is 5.91 Å². The van der Waals surface area contributed by atoms with Crippen LogP contribution >= 0.6 is 27.3 Å². The fraction of sp³-hybridized carbons (Fsp3) is 0.312. The highest BCUT2D eigenvalue weighted by Crippen LogP contribution is 2.31.